The molecular formula is C19H26Cl2N2O. The van der Waals surface area contributed by atoms with E-state index in [9.17, 15) is 4.79 Å². The summed E-state index contributed by atoms with van der Waals surface area (Å²) in [6.45, 7) is 2.96. The molecule has 1 saturated carbocycles. The molecule has 1 heterocycles. The molecule has 2 aliphatic rings. The molecule has 1 aromatic rings. The Morgan fingerprint density at radius 3 is 2.54 bits per heavy atom. The lowest BCUT2D eigenvalue weighted by molar-refractivity contribution is -0.132. The van der Waals surface area contributed by atoms with Crippen molar-refractivity contribution in [1.82, 2.24) is 10.2 Å². The molecule has 1 N–H and O–H groups in total. The maximum atomic E-state index is 12.4. The van der Waals surface area contributed by atoms with E-state index in [1.54, 1.807) is 0 Å². The number of piperidine rings is 1. The first-order valence-electron chi connectivity index (χ1n) is 9.07. The van der Waals surface area contributed by atoms with E-state index in [2.05, 4.69) is 5.32 Å². The summed E-state index contributed by atoms with van der Waals surface area (Å²) in [7, 11) is 0. The number of hydrogen-bond acceptors (Lipinski definition) is 2. The molecule has 1 aliphatic heterocycles. The van der Waals surface area contributed by atoms with Gasteiger partial charge in [-0.1, -0.05) is 29.3 Å². The molecule has 1 saturated heterocycles. The molecule has 0 unspecified atom stereocenters. The van der Waals surface area contributed by atoms with Gasteiger partial charge in [-0.25, -0.2) is 0 Å². The van der Waals surface area contributed by atoms with Gasteiger partial charge in [0, 0.05) is 25.6 Å². The van der Waals surface area contributed by atoms with Crippen LogP contribution in [0.3, 0.4) is 0 Å². The van der Waals surface area contributed by atoms with Crippen LogP contribution in [0.4, 0.5) is 0 Å². The van der Waals surface area contributed by atoms with Gasteiger partial charge in [0.1, 0.15) is 0 Å². The predicted molar refractivity (Wildman–Crippen MR) is 99.7 cm³/mol. The molecule has 3 nitrogen and oxygen atoms in total. The molecule has 0 aromatic heterocycles. The van der Waals surface area contributed by atoms with Gasteiger partial charge < -0.3 is 10.2 Å². The van der Waals surface area contributed by atoms with E-state index in [0.717, 1.165) is 50.3 Å². The average Bonchev–Trinajstić information content (AvgIpc) is 3.41. The van der Waals surface area contributed by atoms with Crippen molar-refractivity contribution in [2.24, 2.45) is 5.92 Å². The number of rotatable bonds is 7. The van der Waals surface area contributed by atoms with Crippen LogP contribution in [0.5, 0.6) is 0 Å². The van der Waals surface area contributed by atoms with Crippen LogP contribution in [0.25, 0.3) is 0 Å². The Labute approximate surface area is 154 Å². The molecule has 132 valence electrons. The van der Waals surface area contributed by atoms with E-state index in [-0.39, 0.29) is 5.91 Å². The zero-order valence-electron chi connectivity index (χ0n) is 14.1. The normalized spacial score (nSPS) is 18.8. The fourth-order valence-electron chi connectivity index (χ4n) is 3.29. The third kappa shape index (κ3) is 5.37. The van der Waals surface area contributed by atoms with Crippen LogP contribution in [0.1, 0.15) is 44.1 Å². The van der Waals surface area contributed by atoms with E-state index < -0.39 is 0 Å². The summed E-state index contributed by atoms with van der Waals surface area (Å²) in [5.41, 5.74) is 1.14. The fraction of sp³-hybridized carbons (Fsp3) is 0.632. The Morgan fingerprint density at radius 2 is 1.88 bits per heavy atom. The number of hydrogen-bond donors (Lipinski definition) is 1. The van der Waals surface area contributed by atoms with Crippen LogP contribution in [0.2, 0.25) is 10.0 Å². The summed E-state index contributed by atoms with van der Waals surface area (Å²) in [6.07, 6.45) is 7.29. The summed E-state index contributed by atoms with van der Waals surface area (Å²) < 4.78 is 0. The summed E-state index contributed by atoms with van der Waals surface area (Å²) >= 11 is 12.0. The lowest BCUT2D eigenvalue weighted by Gasteiger charge is -2.32. The Balaban J connectivity index is 1.34. The molecule has 0 bridgehead atoms. The Bertz CT molecular complexity index is 566. The van der Waals surface area contributed by atoms with Crippen LogP contribution in [-0.2, 0) is 11.2 Å². The Hall–Kier alpha value is -0.770. The van der Waals surface area contributed by atoms with Gasteiger partial charge in [-0.3, -0.25) is 4.79 Å². The summed E-state index contributed by atoms with van der Waals surface area (Å²) in [5, 5.41) is 4.82. The smallest absolute Gasteiger partial charge is 0.222 e. The number of benzene rings is 1. The van der Waals surface area contributed by atoms with Crippen molar-refractivity contribution in [3.63, 3.8) is 0 Å². The van der Waals surface area contributed by atoms with Crippen LogP contribution in [0, 0.1) is 5.92 Å². The Morgan fingerprint density at radius 1 is 1.12 bits per heavy atom. The van der Waals surface area contributed by atoms with Gasteiger partial charge in [0.25, 0.3) is 0 Å². The number of halogens is 2. The summed E-state index contributed by atoms with van der Waals surface area (Å²) in [6, 6.07) is 6.30. The second-order valence-electron chi connectivity index (χ2n) is 7.11. The standard InChI is InChI=1S/C19H26Cl2N2O/c20-17-7-6-14(12-18(17)21)2-1-3-19(24)23-10-8-16(9-11-23)22-13-15-4-5-15/h6-7,12,15-16,22H,1-5,8-11,13H2. The summed E-state index contributed by atoms with van der Waals surface area (Å²) in [5.74, 6) is 1.21. The van der Waals surface area contributed by atoms with Crippen LogP contribution < -0.4 is 5.32 Å². The highest BCUT2D eigenvalue weighted by Gasteiger charge is 2.25. The van der Waals surface area contributed by atoms with Gasteiger partial charge in [0.05, 0.1) is 10.0 Å². The van der Waals surface area contributed by atoms with Crippen molar-refractivity contribution in [3.05, 3.63) is 33.8 Å². The molecule has 1 aromatic carbocycles. The highest BCUT2D eigenvalue weighted by molar-refractivity contribution is 6.42. The quantitative estimate of drug-likeness (QED) is 0.777. The van der Waals surface area contributed by atoms with E-state index in [0.29, 0.717) is 22.5 Å². The SMILES string of the molecule is O=C(CCCc1ccc(Cl)c(Cl)c1)N1CCC(NCC2CC2)CC1. The topological polar surface area (TPSA) is 32.3 Å². The van der Waals surface area contributed by atoms with Crippen molar-refractivity contribution in [1.29, 1.82) is 0 Å². The van der Waals surface area contributed by atoms with Gasteiger partial charge >= 0.3 is 0 Å². The van der Waals surface area contributed by atoms with E-state index >= 15 is 0 Å². The maximum absolute atomic E-state index is 12.4. The fourth-order valence-corrected chi connectivity index (χ4v) is 3.61. The molecule has 1 aliphatic carbocycles. The largest absolute Gasteiger partial charge is 0.343 e. The van der Waals surface area contributed by atoms with Gasteiger partial charge in [-0.15, -0.1) is 0 Å². The van der Waals surface area contributed by atoms with Crippen molar-refractivity contribution < 1.29 is 4.79 Å². The summed E-state index contributed by atoms with van der Waals surface area (Å²) in [4.78, 5) is 14.4. The first kappa shape index (κ1) is 18.0. The molecule has 24 heavy (non-hydrogen) atoms. The minimum Gasteiger partial charge on any atom is -0.343 e. The van der Waals surface area contributed by atoms with E-state index in [1.165, 1.54) is 19.4 Å². The number of carbonyl (C=O) groups excluding carboxylic acids is 1. The first-order chi connectivity index (χ1) is 11.6. The van der Waals surface area contributed by atoms with E-state index in [4.69, 9.17) is 23.2 Å². The van der Waals surface area contributed by atoms with E-state index in [1.807, 2.05) is 23.1 Å². The van der Waals surface area contributed by atoms with Crippen LogP contribution in [0.15, 0.2) is 18.2 Å². The number of nitrogens with one attached hydrogen (secondary N) is 1. The second-order valence-corrected chi connectivity index (χ2v) is 7.92. The zero-order chi connectivity index (χ0) is 16.9. The third-order valence-corrected chi connectivity index (χ3v) is 5.82. The lowest BCUT2D eigenvalue weighted by atomic mass is 10.0. The number of likely N-dealkylation sites (tertiary alicyclic amines) is 1. The number of aryl methyl sites for hydroxylation is 1. The third-order valence-electron chi connectivity index (χ3n) is 5.08. The van der Waals surface area contributed by atoms with Gasteiger partial charge in [0.15, 0.2) is 0 Å². The number of nitrogens with zero attached hydrogens (tertiary/aromatic N) is 1. The molecule has 1 amide bonds. The predicted octanol–water partition coefficient (Wildman–Crippen LogP) is 4.31. The van der Waals surface area contributed by atoms with Crippen molar-refractivity contribution in [2.45, 2.75) is 51.0 Å². The minimum absolute atomic E-state index is 0.288. The van der Waals surface area contributed by atoms with Crippen molar-refractivity contribution in [3.8, 4) is 0 Å². The van der Waals surface area contributed by atoms with Crippen molar-refractivity contribution in [2.75, 3.05) is 19.6 Å². The lowest BCUT2D eigenvalue weighted by Crippen LogP contribution is -2.45. The molecule has 2 fully saturated rings. The molecular weight excluding hydrogens is 343 g/mol. The van der Waals surface area contributed by atoms with Gasteiger partial charge in [-0.2, -0.15) is 0 Å². The molecule has 0 spiro atoms. The second kappa shape index (κ2) is 8.55. The van der Waals surface area contributed by atoms with Crippen LogP contribution in [-0.4, -0.2) is 36.5 Å². The molecule has 3 rings (SSSR count). The zero-order valence-corrected chi connectivity index (χ0v) is 15.6. The van der Waals surface area contributed by atoms with Crippen LogP contribution >= 0.6 is 23.2 Å². The number of amides is 1. The monoisotopic (exact) mass is 368 g/mol. The van der Waals surface area contributed by atoms with Crippen molar-refractivity contribution >= 4 is 29.1 Å². The van der Waals surface area contributed by atoms with Gasteiger partial charge in [0.2, 0.25) is 5.91 Å². The molecule has 5 heteroatoms. The highest BCUT2D eigenvalue weighted by Crippen LogP contribution is 2.28. The maximum Gasteiger partial charge on any atom is 0.222 e. The van der Waals surface area contributed by atoms with Gasteiger partial charge in [-0.05, 0) is 68.7 Å². The average molecular weight is 369 g/mol. The molecule has 0 radical (unpaired) electrons. The first-order valence-corrected chi connectivity index (χ1v) is 9.82. The Kier molecular flexibility index (Phi) is 6.43. The number of carbonyl (C=O) groups is 1. The highest BCUT2D eigenvalue weighted by atomic mass is 35.5. The minimum atomic E-state index is 0.288. The molecule has 0 atom stereocenters.